The second-order valence-corrected chi connectivity index (χ2v) is 5.47. The summed E-state index contributed by atoms with van der Waals surface area (Å²) in [7, 11) is 1.68. The van der Waals surface area contributed by atoms with E-state index >= 15 is 0 Å². The average Bonchev–Trinajstić information content (AvgIpc) is 2.61. The van der Waals surface area contributed by atoms with E-state index in [9.17, 15) is 4.39 Å². The standard InChI is InChI=1S/C18H14ClFN4/c1-22-18-14(16(21)11-6-3-2-4-7-11)15(19)17(23-24-18)12-8-5-9-13(20)10-12/h2-10,21H,1H3,(H,22,24). The zero-order valence-corrected chi connectivity index (χ0v) is 13.6. The van der Waals surface area contributed by atoms with E-state index in [4.69, 9.17) is 17.0 Å². The number of aromatic nitrogens is 2. The lowest BCUT2D eigenvalue weighted by Crippen LogP contribution is -2.10. The number of rotatable bonds is 4. The van der Waals surface area contributed by atoms with E-state index in [1.54, 1.807) is 19.2 Å². The lowest BCUT2D eigenvalue weighted by atomic mass is 10.0. The van der Waals surface area contributed by atoms with Crippen LogP contribution in [0, 0.1) is 11.2 Å². The van der Waals surface area contributed by atoms with Crippen LogP contribution in [0.3, 0.4) is 0 Å². The number of halogens is 2. The van der Waals surface area contributed by atoms with E-state index in [2.05, 4.69) is 15.5 Å². The molecule has 4 nitrogen and oxygen atoms in total. The second-order valence-electron chi connectivity index (χ2n) is 5.09. The van der Waals surface area contributed by atoms with Gasteiger partial charge in [0.15, 0.2) is 5.82 Å². The van der Waals surface area contributed by atoms with Gasteiger partial charge in [-0.1, -0.05) is 54.1 Å². The van der Waals surface area contributed by atoms with Crippen molar-refractivity contribution in [2.45, 2.75) is 0 Å². The van der Waals surface area contributed by atoms with Crippen molar-refractivity contribution in [2.75, 3.05) is 12.4 Å². The number of anilines is 1. The SMILES string of the molecule is CNc1nnc(-c2cccc(F)c2)c(Cl)c1C(=N)c1ccccc1. The van der Waals surface area contributed by atoms with Crippen LogP contribution in [0.5, 0.6) is 0 Å². The Morgan fingerprint density at radius 3 is 2.50 bits per heavy atom. The molecular weight excluding hydrogens is 327 g/mol. The Bertz CT molecular complexity index is 897. The fourth-order valence-electron chi connectivity index (χ4n) is 2.39. The van der Waals surface area contributed by atoms with Crippen LogP contribution >= 0.6 is 11.6 Å². The first-order valence-electron chi connectivity index (χ1n) is 7.26. The average molecular weight is 341 g/mol. The molecule has 0 saturated heterocycles. The fourth-order valence-corrected chi connectivity index (χ4v) is 2.72. The molecule has 0 aliphatic carbocycles. The predicted molar refractivity (Wildman–Crippen MR) is 94.4 cm³/mol. The minimum atomic E-state index is -0.386. The van der Waals surface area contributed by atoms with E-state index in [-0.39, 0.29) is 16.6 Å². The molecule has 0 spiro atoms. The number of benzene rings is 2. The quantitative estimate of drug-likeness (QED) is 0.692. The third-order valence-corrected chi connectivity index (χ3v) is 3.93. The maximum absolute atomic E-state index is 13.5. The summed E-state index contributed by atoms with van der Waals surface area (Å²) in [6, 6.07) is 15.2. The van der Waals surface area contributed by atoms with Crippen LogP contribution in [-0.2, 0) is 0 Å². The summed E-state index contributed by atoms with van der Waals surface area (Å²) in [5, 5.41) is 19.8. The molecular formula is C18H14ClFN4. The Hall–Kier alpha value is -2.79. The molecule has 0 unspecified atom stereocenters. The van der Waals surface area contributed by atoms with Crippen LogP contribution < -0.4 is 5.32 Å². The van der Waals surface area contributed by atoms with Gasteiger partial charge in [0.1, 0.15) is 11.5 Å². The highest BCUT2D eigenvalue weighted by atomic mass is 35.5. The van der Waals surface area contributed by atoms with Gasteiger partial charge in [0.2, 0.25) is 0 Å². The van der Waals surface area contributed by atoms with Crippen LogP contribution in [-0.4, -0.2) is 23.0 Å². The van der Waals surface area contributed by atoms with E-state index in [0.29, 0.717) is 28.2 Å². The first-order chi connectivity index (χ1) is 11.6. The van der Waals surface area contributed by atoms with Crippen LogP contribution in [0.4, 0.5) is 10.2 Å². The van der Waals surface area contributed by atoms with Crippen LogP contribution in [0.25, 0.3) is 11.3 Å². The van der Waals surface area contributed by atoms with Crippen molar-refractivity contribution in [3.8, 4) is 11.3 Å². The Kier molecular flexibility index (Phi) is 4.53. The first-order valence-corrected chi connectivity index (χ1v) is 7.64. The molecule has 0 fully saturated rings. The monoisotopic (exact) mass is 340 g/mol. The summed E-state index contributed by atoms with van der Waals surface area (Å²) >= 11 is 6.52. The van der Waals surface area contributed by atoms with E-state index in [1.807, 2.05) is 30.3 Å². The molecule has 2 aromatic carbocycles. The molecule has 24 heavy (non-hydrogen) atoms. The Morgan fingerprint density at radius 2 is 1.83 bits per heavy atom. The topological polar surface area (TPSA) is 61.7 Å². The summed E-state index contributed by atoms with van der Waals surface area (Å²) in [5.74, 6) is 0.0109. The third kappa shape index (κ3) is 2.98. The second kappa shape index (κ2) is 6.76. The van der Waals surface area contributed by atoms with E-state index < -0.39 is 0 Å². The van der Waals surface area contributed by atoms with Crippen molar-refractivity contribution in [3.05, 3.63) is 76.6 Å². The predicted octanol–water partition coefficient (Wildman–Crippen LogP) is 4.39. The zero-order valence-electron chi connectivity index (χ0n) is 12.8. The maximum atomic E-state index is 13.5. The largest absolute Gasteiger partial charge is 0.371 e. The third-order valence-electron chi connectivity index (χ3n) is 3.56. The summed E-state index contributed by atoms with van der Waals surface area (Å²) in [5.41, 5.74) is 2.20. The number of nitrogens with zero attached hydrogens (tertiary/aromatic N) is 2. The Balaban J connectivity index is 2.18. The molecule has 3 rings (SSSR count). The molecule has 0 aliphatic rings. The van der Waals surface area contributed by atoms with Crippen LogP contribution in [0.2, 0.25) is 5.02 Å². The Morgan fingerprint density at radius 1 is 1.08 bits per heavy atom. The summed E-state index contributed by atoms with van der Waals surface area (Å²) < 4.78 is 13.5. The van der Waals surface area contributed by atoms with Crippen molar-refractivity contribution < 1.29 is 4.39 Å². The Labute approximate surface area is 143 Å². The van der Waals surface area contributed by atoms with Gasteiger partial charge in [0.05, 0.1) is 16.3 Å². The van der Waals surface area contributed by atoms with Gasteiger partial charge in [-0.05, 0) is 12.1 Å². The van der Waals surface area contributed by atoms with Gasteiger partial charge in [-0.15, -0.1) is 10.2 Å². The molecule has 1 heterocycles. The lowest BCUT2D eigenvalue weighted by molar-refractivity contribution is 0.628. The van der Waals surface area contributed by atoms with Gasteiger partial charge < -0.3 is 5.32 Å². The molecule has 0 atom stereocenters. The number of nitrogens with one attached hydrogen (secondary N) is 2. The highest BCUT2D eigenvalue weighted by molar-refractivity contribution is 6.38. The molecule has 0 amide bonds. The molecule has 6 heteroatoms. The summed E-state index contributed by atoms with van der Waals surface area (Å²) in [6.07, 6.45) is 0. The van der Waals surface area contributed by atoms with Crippen molar-refractivity contribution >= 4 is 23.1 Å². The molecule has 120 valence electrons. The molecule has 0 bridgehead atoms. The van der Waals surface area contributed by atoms with Gasteiger partial charge in [0.25, 0.3) is 0 Å². The lowest BCUT2D eigenvalue weighted by Gasteiger charge is -2.14. The maximum Gasteiger partial charge on any atom is 0.159 e. The molecule has 0 saturated carbocycles. The van der Waals surface area contributed by atoms with Gasteiger partial charge in [-0.25, -0.2) is 4.39 Å². The normalized spacial score (nSPS) is 10.5. The number of hydrogen-bond acceptors (Lipinski definition) is 4. The van der Waals surface area contributed by atoms with Crippen molar-refractivity contribution in [3.63, 3.8) is 0 Å². The van der Waals surface area contributed by atoms with Crippen LogP contribution in [0.15, 0.2) is 54.6 Å². The molecule has 1 aromatic heterocycles. The van der Waals surface area contributed by atoms with Crippen LogP contribution in [0.1, 0.15) is 11.1 Å². The van der Waals surface area contributed by atoms with Gasteiger partial charge in [-0.2, -0.15) is 0 Å². The fraction of sp³-hybridized carbons (Fsp3) is 0.0556. The zero-order chi connectivity index (χ0) is 17.1. The molecule has 0 radical (unpaired) electrons. The van der Waals surface area contributed by atoms with Gasteiger partial charge in [0, 0.05) is 18.2 Å². The van der Waals surface area contributed by atoms with E-state index in [0.717, 1.165) is 0 Å². The van der Waals surface area contributed by atoms with Gasteiger partial charge in [-0.3, -0.25) is 5.41 Å². The van der Waals surface area contributed by atoms with Crippen molar-refractivity contribution in [1.29, 1.82) is 5.41 Å². The van der Waals surface area contributed by atoms with Gasteiger partial charge >= 0.3 is 0 Å². The minimum absolute atomic E-state index is 0.220. The highest BCUT2D eigenvalue weighted by Gasteiger charge is 2.20. The van der Waals surface area contributed by atoms with Crippen molar-refractivity contribution in [1.82, 2.24) is 10.2 Å². The van der Waals surface area contributed by atoms with Crippen molar-refractivity contribution in [2.24, 2.45) is 0 Å². The molecule has 2 N–H and O–H groups in total. The number of hydrogen-bond donors (Lipinski definition) is 2. The molecule has 3 aromatic rings. The highest BCUT2D eigenvalue weighted by Crippen LogP contribution is 2.33. The molecule has 0 aliphatic heterocycles. The smallest absolute Gasteiger partial charge is 0.159 e. The first kappa shape index (κ1) is 16.1. The minimum Gasteiger partial charge on any atom is -0.371 e. The summed E-state index contributed by atoms with van der Waals surface area (Å²) in [6.45, 7) is 0. The van der Waals surface area contributed by atoms with E-state index in [1.165, 1.54) is 12.1 Å². The summed E-state index contributed by atoms with van der Waals surface area (Å²) in [4.78, 5) is 0.